The standard InChI is InChI=1S/C16H15NO3S/c18-16-14-10-4-5-11-15(14)21(19,20)17(16)12-6-9-13-7-2-1-3-8-13/h1-5,7-8,10-11H,6,9,12H2. The van der Waals surface area contributed by atoms with E-state index in [2.05, 4.69) is 0 Å². The lowest BCUT2D eigenvalue weighted by Gasteiger charge is -2.14. The van der Waals surface area contributed by atoms with E-state index in [1.54, 1.807) is 18.2 Å². The largest absolute Gasteiger partial charge is 0.269 e. The van der Waals surface area contributed by atoms with Crippen LogP contribution in [0.2, 0.25) is 0 Å². The van der Waals surface area contributed by atoms with Crippen molar-refractivity contribution in [3.05, 3.63) is 65.7 Å². The molecule has 0 unspecified atom stereocenters. The van der Waals surface area contributed by atoms with Crippen molar-refractivity contribution in [1.82, 2.24) is 4.31 Å². The number of benzene rings is 2. The van der Waals surface area contributed by atoms with Crippen LogP contribution in [0.1, 0.15) is 22.3 Å². The topological polar surface area (TPSA) is 54.5 Å². The van der Waals surface area contributed by atoms with Crippen LogP contribution in [0.25, 0.3) is 0 Å². The van der Waals surface area contributed by atoms with Gasteiger partial charge in [-0.15, -0.1) is 0 Å². The van der Waals surface area contributed by atoms with Gasteiger partial charge in [0.1, 0.15) is 4.90 Å². The Morgan fingerprint density at radius 2 is 1.57 bits per heavy atom. The average molecular weight is 301 g/mol. The summed E-state index contributed by atoms with van der Waals surface area (Å²) in [5, 5.41) is 0. The summed E-state index contributed by atoms with van der Waals surface area (Å²) in [5.74, 6) is -0.418. The van der Waals surface area contributed by atoms with Gasteiger partial charge in [-0.3, -0.25) is 4.79 Å². The molecule has 1 aliphatic heterocycles. The number of carbonyl (C=O) groups excluding carboxylic acids is 1. The first-order chi connectivity index (χ1) is 10.1. The number of fused-ring (bicyclic) bond motifs is 1. The van der Waals surface area contributed by atoms with Gasteiger partial charge in [-0.1, -0.05) is 42.5 Å². The fourth-order valence-corrected chi connectivity index (χ4v) is 4.13. The molecule has 0 radical (unpaired) electrons. The van der Waals surface area contributed by atoms with Gasteiger partial charge in [0.15, 0.2) is 0 Å². The first-order valence-corrected chi connectivity index (χ1v) is 8.25. The molecule has 21 heavy (non-hydrogen) atoms. The molecule has 1 heterocycles. The number of carbonyl (C=O) groups is 1. The SMILES string of the molecule is O=C1c2ccccc2S(=O)(=O)N1CCCc1ccccc1. The number of hydrogen-bond donors (Lipinski definition) is 0. The predicted molar refractivity (Wildman–Crippen MR) is 79.4 cm³/mol. The van der Waals surface area contributed by atoms with Crippen LogP contribution in [0, 0.1) is 0 Å². The van der Waals surface area contributed by atoms with Gasteiger partial charge in [-0.05, 0) is 30.5 Å². The Bertz CT molecular complexity index is 769. The molecule has 0 aromatic heterocycles. The molecular weight excluding hydrogens is 286 g/mol. The minimum Gasteiger partial charge on any atom is -0.268 e. The molecule has 2 aromatic carbocycles. The highest BCUT2D eigenvalue weighted by Crippen LogP contribution is 2.29. The summed E-state index contributed by atoms with van der Waals surface area (Å²) in [6.45, 7) is 0.213. The van der Waals surface area contributed by atoms with Gasteiger partial charge < -0.3 is 0 Å². The molecule has 0 fully saturated rings. The van der Waals surface area contributed by atoms with Crippen LogP contribution in [0.5, 0.6) is 0 Å². The van der Waals surface area contributed by atoms with Gasteiger partial charge in [-0.2, -0.15) is 0 Å². The second kappa shape index (κ2) is 5.33. The molecule has 0 spiro atoms. The van der Waals surface area contributed by atoms with E-state index in [1.165, 1.54) is 6.07 Å². The Hall–Kier alpha value is -2.14. The monoisotopic (exact) mass is 301 g/mol. The van der Waals surface area contributed by atoms with Crippen molar-refractivity contribution in [1.29, 1.82) is 0 Å². The molecule has 1 aliphatic rings. The fraction of sp³-hybridized carbons (Fsp3) is 0.188. The Labute approximate surface area is 124 Å². The maximum atomic E-state index is 12.3. The zero-order valence-electron chi connectivity index (χ0n) is 11.4. The van der Waals surface area contributed by atoms with Crippen LogP contribution < -0.4 is 0 Å². The number of aryl methyl sites for hydroxylation is 1. The van der Waals surface area contributed by atoms with Crippen molar-refractivity contribution >= 4 is 15.9 Å². The smallest absolute Gasteiger partial charge is 0.268 e. The highest BCUT2D eigenvalue weighted by atomic mass is 32.2. The molecule has 0 saturated heterocycles. The van der Waals surface area contributed by atoms with E-state index in [-0.39, 0.29) is 17.0 Å². The quantitative estimate of drug-likeness (QED) is 0.871. The van der Waals surface area contributed by atoms with Crippen LogP contribution in [-0.2, 0) is 16.4 Å². The molecule has 0 bridgehead atoms. The van der Waals surface area contributed by atoms with E-state index >= 15 is 0 Å². The lowest BCUT2D eigenvalue weighted by molar-refractivity contribution is 0.0870. The molecule has 1 amide bonds. The van der Waals surface area contributed by atoms with Crippen molar-refractivity contribution in [3.8, 4) is 0 Å². The van der Waals surface area contributed by atoms with E-state index < -0.39 is 15.9 Å². The van der Waals surface area contributed by atoms with E-state index in [0.29, 0.717) is 6.42 Å². The van der Waals surface area contributed by atoms with Crippen molar-refractivity contribution in [3.63, 3.8) is 0 Å². The Morgan fingerprint density at radius 3 is 2.29 bits per heavy atom. The highest BCUT2D eigenvalue weighted by Gasteiger charge is 2.40. The van der Waals surface area contributed by atoms with E-state index in [4.69, 9.17) is 0 Å². The van der Waals surface area contributed by atoms with Crippen LogP contribution in [0.15, 0.2) is 59.5 Å². The fourth-order valence-electron chi connectivity index (χ4n) is 2.52. The van der Waals surface area contributed by atoms with E-state index in [1.807, 2.05) is 30.3 Å². The minimum absolute atomic E-state index is 0.120. The first kappa shape index (κ1) is 13.8. The molecule has 0 aliphatic carbocycles. The second-order valence-corrected chi connectivity index (χ2v) is 6.80. The van der Waals surface area contributed by atoms with E-state index in [0.717, 1.165) is 16.3 Å². The third kappa shape index (κ3) is 2.45. The average Bonchev–Trinajstić information content (AvgIpc) is 2.70. The molecular formula is C16H15NO3S. The maximum absolute atomic E-state index is 12.3. The zero-order chi connectivity index (χ0) is 14.9. The van der Waals surface area contributed by atoms with Crippen LogP contribution >= 0.6 is 0 Å². The molecule has 2 aromatic rings. The zero-order valence-corrected chi connectivity index (χ0v) is 12.2. The van der Waals surface area contributed by atoms with Crippen molar-refractivity contribution < 1.29 is 13.2 Å². The second-order valence-electron chi connectivity index (χ2n) is 4.97. The van der Waals surface area contributed by atoms with Crippen molar-refractivity contribution in [2.75, 3.05) is 6.54 Å². The Balaban J connectivity index is 1.74. The van der Waals surface area contributed by atoms with Gasteiger partial charge in [-0.25, -0.2) is 12.7 Å². The van der Waals surface area contributed by atoms with Crippen molar-refractivity contribution in [2.24, 2.45) is 0 Å². The third-order valence-electron chi connectivity index (χ3n) is 3.58. The summed E-state index contributed by atoms with van der Waals surface area (Å²) >= 11 is 0. The molecule has 5 heteroatoms. The summed E-state index contributed by atoms with van der Waals surface area (Å²) in [6, 6.07) is 16.2. The molecule has 3 rings (SSSR count). The summed E-state index contributed by atoms with van der Waals surface area (Å²) in [7, 11) is -3.67. The number of hydrogen-bond acceptors (Lipinski definition) is 3. The third-order valence-corrected chi connectivity index (χ3v) is 5.42. The maximum Gasteiger partial charge on any atom is 0.269 e. The predicted octanol–water partition coefficient (Wildman–Crippen LogP) is 2.46. The number of amides is 1. The molecule has 0 saturated carbocycles. The Morgan fingerprint density at radius 1 is 0.905 bits per heavy atom. The van der Waals surface area contributed by atoms with Gasteiger partial charge in [0.05, 0.1) is 5.56 Å². The van der Waals surface area contributed by atoms with Gasteiger partial charge >= 0.3 is 0 Å². The van der Waals surface area contributed by atoms with Gasteiger partial charge in [0.2, 0.25) is 0 Å². The Kier molecular flexibility index (Phi) is 3.51. The molecule has 0 atom stereocenters. The summed E-state index contributed by atoms with van der Waals surface area (Å²) in [4.78, 5) is 12.3. The van der Waals surface area contributed by atoms with Gasteiger partial charge in [0, 0.05) is 6.54 Å². The number of rotatable bonds is 4. The van der Waals surface area contributed by atoms with Crippen molar-refractivity contribution in [2.45, 2.75) is 17.7 Å². The highest BCUT2D eigenvalue weighted by molar-refractivity contribution is 7.90. The number of nitrogens with zero attached hydrogens (tertiary/aromatic N) is 1. The summed E-state index contributed by atoms with van der Waals surface area (Å²) in [6.07, 6.45) is 1.36. The van der Waals surface area contributed by atoms with Crippen LogP contribution in [0.4, 0.5) is 0 Å². The minimum atomic E-state index is -3.67. The molecule has 0 N–H and O–H groups in total. The lowest BCUT2D eigenvalue weighted by atomic mass is 10.1. The lowest BCUT2D eigenvalue weighted by Crippen LogP contribution is -2.31. The molecule has 108 valence electrons. The van der Waals surface area contributed by atoms with Gasteiger partial charge in [0.25, 0.3) is 15.9 Å². The summed E-state index contributed by atoms with van der Waals surface area (Å²) < 4.78 is 25.7. The molecule has 4 nitrogen and oxygen atoms in total. The number of sulfonamides is 1. The first-order valence-electron chi connectivity index (χ1n) is 6.81. The summed E-state index contributed by atoms with van der Waals surface area (Å²) in [5.41, 5.74) is 1.41. The normalized spacial score (nSPS) is 16.0. The van der Waals surface area contributed by atoms with Crippen LogP contribution in [0.3, 0.4) is 0 Å². The van der Waals surface area contributed by atoms with Crippen LogP contribution in [-0.4, -0.2) is 25.2 Å². The van der Waals surface area contributed by atoms with E-state index in [9.17, 15) is 13.2 Å².